The first-order valence-electron chi connectivity index (χ1n) is 5.93. The number of alkyl halides is 6. The molecule has 0 fully saturated rings. The molecular weight excluding hydrogens is 312 g/mol. The van der Waals surface area contributed by atoms with Crippen LogP contribution >= 0.6 is 0 Å². The molecule has 0 radical (unpaired) electrons. The second kappa shape index (κ2) is 5.51. The maximum absolute atomic E-state index is 13.2. The third-order valence-electron chi connectivity index (χ3n) is 2.90. The molecule has 1 aromatic carbocycles. The topological polar surface area (TPSA) is 22.1 Å². The van der Waals surface area contributed by atoms with E-state index in [0.717, 1.165) is 31.5 Å². The van der Waals surface area contributed by atoms with Gasteiger partial charge in [0.15, 0.2) is 0 Å². The standard InChI is InChI=1S/C14H9F6NO/c1-22-10-6-7-21-12(11(10)14(18,19)20)8-4-2-3-5-9(8)13(15,16)17/h2-7H,1H3. The normalized spacial score (nSPS) is 12.3. The van der Waals surface area contributed by atoms with E-state index < -0.39 is 40.5 Å². The quantitative estimate of drug-likeness (QED) is 0.742. The van der Waals surface area contributed by atoms with Gasteiger partial charge in [-0.15, -0.1) is 0 Å². The van der Waals surface area contributed by atoms with Crippen LogP contribution in [0.25, 0.3) is 11.3 Å². The van der Waals surface area contributed by atoms with Gasteiger partial charge in [0.2, 0.25) is 0 Å². The summed E-state index contributed by atoms with van der Waals surface area (Å²) in [5.74, 6) is -0.588. The second-order valence-electron chi connectivity index (χ2n) is 4.28. The lowest BCUT2D eigenvalue weighted by atomic mass is 9.99. The van der Waals surface area contributed by atoms with Crippen LogP contribution < -0.4 is 4.74 Å². The number of aromatic nitrogens is 1. The Balaban J connectivity index is 2.80. The van der Waals surface area contributed by atoms with Crippen LogP contribution in [-0.4, -0.2) is 12.1 Å². The Labute approximate surface area is 121 Å². The van der Waals surface area contributed by atoms with Gasteiger partial charge in [-0.3, -0.25) is 4.98 Å². The SMILES string of the molecule is COc1ccnc(-c2ccccc2C(F)(F)F)c1C(F)(F)F. The Kier molecular flexibility index (Phi) is 4.04. The molecule has 0 aliphatic carbocycles. The van der Waals surface area contributed by atoms with E-state index in [4.69, 9.17) is 0 Å². The monoisotopic (exact) mass is 321 g/mol. The fourth-order valence-corrected chi connectivity index (χ4v) is 2.03. The fourth-order valence-electron chi connectivity index (χ4n) is 2.03. The van der Waals surface area contributed by atoms with Crippen molar-refractivity contribution in [3.05, 3.63) is 47.7 Å². The Morgan fingerprint density at radius 1 is 0.909 bits per heavy atom. The van der Waals surface area contributed by atoms with Crippen molar-refractivity contribution in [3.63, 3.8) is 0 Å². The molecule has 118 valence electrons. The molecule has 0 atom stereocenters. The molecule has 2 nitrogen and oxygen atoms in total. The number of ether oxygens (including phenoxy) is 1. The van der Waals surface area contributed by atoms with Crippen LogP contribution in [0.4, 0.5) is 26.3 Å². The lowest BCUT2D eigenvalue weighted by Crippen LogP contribution is -2.13. The van der Waals surface area contributed by atoms with Gasteiger partial charge in [-0.05, 0) is 12.1 Å². The average Bonchev–Trinajstić information content (AvgIpc) is 2.44. The molecule has 1 heterocycles. The molecule has 0 saturated carbocycles. The molecule has 0 spiro atoms. The summed E-state index contributed by atoms with van der Waals surface area (Å²) < 4.78 is 83.3. The summed E-state index contributed by atoms with van der Waals surface area (Å²) >= 11 is 0. The van der Waals surface area contributed by atoms with E-state index in [0.29, 0.717) is 6.07 Å². The molecule has 0 aliphatic rings. The third-order valence-corrected chi connectivity index (χ3v) is 2.90. The first-order valence-corrected chi connectivity index (χ1v) is 5.93. The lowest BCUT2D eigenvalue weighted by molar-refractivity contribution is -0.140. The first kappa shape index (κ1) is 16.1. The number of nitrogens with zero attached hydrogens (tertiary/aromatic N) is 1. The summed E-state index contributed by atoms with van der Waals surface area (Å²) in [6.45, 7) is 0. The van der Waals surface area contributed by atoms with Crippen molar-refractivity contribution in [2.75, 3.05) is 7.11 Å². The Morgan fingerprint density at radius 2 is 1.55 bits per heavy atom. The van der Waals surface area contributed by atoms with Crippen molar-refractivity contribution in [1.29, 1.82) is 0 Å². The summed E-state index contributed by atoms with van der Waals surface area (Å²) in [5, 5.41) is 0. The molecule has 22 heavy (non-hydrogen) atoms. The van der Waals surface area contributed by atoms with Crippen molar-refractivity contribution < 1.29 is 31.1 Å². The number of pyridine rings is 1. The van der Waals surface area contributed by atoms with Crippen molar-refractivity contribution >= 4 is 0 Å². The Hall–Kier alpha value is -2.25. The zero-order chi connectivity index (χ0) is 16.5. The van der Waals surface area contributed by atoms with Crippen LogP contribution in [-0.2, 0) is 12.4 Å². The van der Waals surface area contributed by atoms with Crippen molar-refractivity contribution in [2.24, 2.45) is 0 Å². The van der Waals surface area contributed by atoms with E-state index in [1.807, 2.05) is 0 Å². The van der Waals surface area contributed by atoms with Gasteiger partial charge in [0.05, 0.1) is 18.4 Å². The number of methoxy groups -OCH3 is 1. The van der Waals surface area contributed by atoms with Gasteiger partial charge in [-0.2, -0.15) is 26.3 Å². The largest absolute Gasteiger partial charge is 0.496 e. The fraction of sp³-hybridized carbons (Fsp3) is 0.214. The maximum atomic E-state index is 13.2. The van der Waals surface area contributed by atoms with Crippen molar-refractivity contribution in [3.8, 4) is 17.0 Å². The maximum Gasteiger partial charge on any atom is 0.422 e. The molecule has 0 saturated heterocycles. The number of halogens is 6. The summed E-state index contributed by atoms with van der Waals surface area (Å²) in [5.41, 5.74) is -4.00. The molecular formula is C14H9F6NO. The molecule has 0 N–H and O–H groups in total. The highest BCUT2D eigenvalue weighted by atomic mass is 19.4. The molecule has 0 bridgehead atoms. The van der Waals surface area contributed by atoms with Crippen molar-refractivity contribution in [1.82, 2.24) is 4.98 Å². The average molecular weight is 321 g/mol. The summed E-state index contributed by atoms with van der Waals surface area (Å²) in [7, 11) is 1.00. The predicted molar refractivity (Wildman–Crippen MR) is 66.2 cm³/mol. The minimum atomic E-state index is -4.91. The summed E-state index contributed by atoms with van der Waals surface area (Å²) in [6.07, 6.45) is -8.74. The van der Waals surface area contributed by atoms with E-state index in [9.17, 15) is 26.3 Å². The number of rotatable bonds is 2. The molecule has 2 rings (SSSR count). The van der Waals surface area contributed by atoms with Gasteiger partial charge in [0.25, 0.3) is 0 Å². The smallest absolute Gasteiger partial charge is 0.422 e. The van der Waals surface area contributed by atoms with E-state index >= 15 is 0 Å². The lowest BCUT2D eigenvalue weighted by Gasteiger charge is -2.18. The van der Waals surface area contributed by atoms with Gasteiger partial charge in [-0.25, -0.2) is 0 Å². The van der Waals surface area contributed by atoms with Gasteiger partial charge in [0, 0.05) is 11.8 Å². The van der Waals surface area contributed by atoms with Crippen LogP contribution in [0, 0.1) is 0 Å². The molecule has 2 aromatic rings. The second-order valence-corrected chi connectivity index (χ2v) is 4.28. The molecule has 0 amide bonds. The third kappa shape index (κ3) is 3.00. The highest BCUT2D eigenvalue weighted by Gasteiger charge is 2.41. The molecule has 0 aliphatic heterocycles. The number of hydrogen-bond acceptors (Lipinski definition) is 2. The molecule has 1 aromatic heterocycles. The van der Waals surface area contributed by atoms with E-state index in [1.165, 1.54) is 6.07 Å². The van der Waals surface area contributed by atoms with Crippen molar-refractivity contribution in [2.45, 2.75) is 12.4 Å². The van der Waals surface area contributed by atoms with Crippen LogP contribution in [0.3, 0.4) is 0 Å². The minimum absolute atomic E-state index is 0.588. The highest BCUT2D eigenvalue weighted by Crippen LogP contribution is 2.44. The first-order chi connectivity index (χ1) is 10.2. The van der Waals surface area contributed by atoms with E-state index in [1.54, 1.807) is 0 Å². The minimum Gasteiger partial charge on any atom is -0.496 e. The summed E-state index contributed by atoms with van der Waals surface area (Å²) in [6, 6.07) is 4.91. The molecule has 8 heteroatoms. The zero-order valence-electron chi connectivity index (χ0n) is 11.1. The van der Waals surface area contributed by atoms with Crippen LogP contribution in [0.2, 0.25) is 0 Å². The van der Waals surface area contributed by atoms with E-state index in [2.05, 4.69) is 9.72 Å². The van der Waals surface area contributed by atoms with Gasteiger partial charge in [-0.1, -0.05) is 18.2 Å². The number of hydrogen-bond donors (Lipinski definition) is 0. The van der Waals surface area contributed by atoms with Crippen LogP contribution in [0.5, 0.6) is 5.75 Å². The van der Waals surface area contributed by atoms with E-state index in [-0.39, 0.29) is 0 Å². The van der Waals surface area contributed by atoms with Gasteiger partial charge in [0.1, 0.15) is 11.3 Å². The Bertz CT molecular complexity index is 678. The van der Waals surface area contributed by atoms with Gasteiger partial charge < -0.3 is 4.74 Å². The van der Waals surface area contributed by atoms with Crippen LogP contribution in [0.1, 0.15) is 11.1 Å². The highest BCUT2D eigenvalue weighted by molar-refractivity contribution is 5.70. The van der Waals surface area contributed by atoms with Crippen LogP contribution in [0.15, 0.2) is 36.5 Å². The molecule has 0 unspecified atom stereocenters. The predicted octanol–water partition coefficient (Wildman–Crippen LogP) is 4.79. The Morgan fingerprint density at radius 3 is 2.09 bits per heavy atom. The zero-order valence-corrected chi connectivity index (χ0v) is 11.1. The van der Waals surface area contributed by atoms with Gasteiger partial charge >= 0.3 is 12.4 Å². The number of benzene rings is 1. The summed E-state index contributed by atoms with van der Waals surface area (Å²) in [4.78, 5) is 3.50.